The maximum absolute atomic E-state index is 12.1. The minimum absolute atomic E-state index is 0.199. The molecule has 0 saturated heterocycles. The summed E-state index contributed by atoms with van der Waals surface area (Å²) in [5.74, 6) is 0.437. The average Bonchev–Trinajstić information content (AvgIpc) is 2.60. The molecule has 2 aromatic rings. The fraction of sp³-hybridized carbons (Fsp3) is 0.364. The molecule has 0 fully saturated rings. The summed E-state index contributed by atoms with van der Waals surface area (Å²) in [6, 6.07) is 20.5. The first-order valence-corrected chi connectivity index (χ1v) is 10.8. The summed E-state index contributed by atoms with van der Waals surface area (Å²) in [5.41, 5.74) is 1.21. The Morgan fingerprint density at radius 1 is 1.00 bits per heavy atom. The van der Waals surface area contributed by atoms with Crippen molar-refractivity contribution in [1.82, 2.24) is 0 Å². The van der Waals surface area contributed by atoms with Gasteiger partial charge >= 0.3 is 0 Å². The third-order valence-corrected chi connectivity index (χ3v) is 9.81. The van der Waals surface area contributed by atoms with Crippen LogP contribution in [0.3, 0.4) is 0 Å². The van der Waals surface area contributed by atoms with Crippen LogP contribution in [-0.2, 0) is 0 Å². The van der Waals surface area contributed by atoms with Gasteiger partial charge in [0.25, 0.3) is 8.32 Å². The van der Waals surface area contributed by atoms with Crippen molar-refractivity contribution in [2.45, 2.75) is 45.6 Å². The molecule has 0 unspecified atom stereocenters. The number of allylic oxidation sites excluding steroid dienone is 1. The molecular formula is C22H30OSi. The van der Waals surface area contributed by atoms with Crippen LogP contribution in [0.5, 0.6) is 0 Å². The van der Waals surface area contributed by atoms with Crippen molar-refractivity contribution in [1.29, 1.82) is 0 Å². The van der Waals surface area contributed by atoms with E-state index in [1.807, 2.05) is 36.4 Å². The molecule has 0 bridgehead atoms. The van der Waals surface area contributed by atoms with E-state index >= 15 is 0 Å². The van der Waals surface area contributed by atoms with Gasteiger partial charge in [0.05, 0.1) is 0 Å². The van der Waals surface area contributed by atoms with Crippen LogP contribution in [0.15, 0.2) is 72.8 Å². The minimum Gasteiger partial charge on any atom is -0.424 e. The van der Waals surface area contributed by atoms with Crippen LogP contribution in [0.1, 0.15) is 40.5 Å². The molecule has 0 aliphatic rings. The molecule has 0 aliphatic carbocycles. The fourth-order valence-electron chi connectivity index (χ4n) is 3.74. The van der Waals surface area contributed by atoms with Gasteiger partial charge in [0.1, 0.15) is 0 Å². The normalized spacial score (nSPS) is 13.5. The summed E-state index contributed by atoms with van der Waals surface area (Å²) in [5, 5.41) is 1.96. The molecule has 0 radical (unpaired) electrons. The molecule has 0 amide bonds. The highest BCUT2D eigenvalue weighted by Crippen LogP contribution is 2.43. The first kappa shape index (κ1) is 18.7. The topological polar surface area (TPSA) is 20.2 Å². The van der Waals surface area contributed by atoms with Crippen LogP contribution < -0.4 is 10.4 Å². The molecule has 0 heterocycles. The summed E-state index contributed by atoms with van der Waals surface area (Å²) >= 11 is 0. The zero-order valence-electron chi connectivity index (χ0n) is 15.4. The van der Waals surface area contributed by atoms with E-state index in [2.05, 4.69) is 58.5 Å². The second-order valence-electron chi connectivity index (χ2n) is 7.48. The molecule has 2 rings (SSSR count). The molecule has 0 aliphatic heterocycles. The van der Waals surface area contributed by atoms with Crippen molar-refractivity contribution < 1.29 is 4.80 Å². The Bertz CT molecular complexity index is 621. The quantitative estimate of drug-likeness (QED) is 0.582. The molecule has 128 valence electrons. The smallest absolute Gasteiger partial charge is 0.258 e. The molecule has 24 heavy (non-hydrogen) atoms. The van der Waals surface area contributed by atoms with Gasteiger partial charge in [0.2, 0.25) is 0 Å². The Morgan fingerprint density at radius 2 is 1.42 bits per heavy atom. The molecule has 0 saturated carbocycles. The Kier molecular flexibility index (Phi) is 5.84. The van der Waals surface area contributed by atoms with E-state index in [1.165, 1.54) is 5.57 Å². The molecule has 1 N–H and O–H groups in total. The Labute approximate surface area is 148 Å². The van der Waals surface area contributed by atoms with Crippen LogP contribution in [-0.4, -0.2) is 13.1 Å². The van der Waals surface area contributed by atoms with Gasteiger partial charge in [-0.2, -0.15) is 0 Å². The van der Waals surface area contributed by atoms with E-state index in [4.69, 9.17) is 0 Å². The van der Waals surface area contributed by atoms with Crippen LogP contribution in [0.4, 0.5) is 0 Å². The average molecular weight is 339 g/mol. The van der Waals surface area contributed by atoms with Gasteiger partial charge in [-0.25, -0.2) is 0 Å². The monoisotopic (exact) mass is 338 g/mol. The first-order valence-electron chi connectivity index (χ1n) is 8.81. The predicted octanol–water partition coefficient (Wildman–Crippen LogP) is 4.51. The van der Waals surface area contributed by atoms with E-state index in [9.17, 15) is 4.80 Å². The Balaban J connectivity index is 2.56. The second kappa shape index (κ2) is 7.50. The predicted molar refractivity (Wildman–Crippen MR) is 107 cm³/mol. The van der Waals surface area contributed by atoms with Crippen molar-refractivity contribution in [3.63, 3.8) is 0 Å². The number of benzene rings is 2. The molecule has 1 atom stereocenters. The third-order valence-electron chi connectivity index (χ3n) is 5.31. The van der Waals surface area contributed by atoms with Crippen molar-refractivity contribution in [3.05, 3.63) is 72.8 Å². The van der Waals surface area contributed by atoms with Crippen LogP contribution in [0.25, 0.3) is 0 Å². The van der Waals surface area contributed by atoms with Gasteiger partial charge in [0.15, 0.2) is 0 Å². The lowest BCUT2D eigenvalue weighted by molar-refractivity contribution is 0.406. The van der Waals surface area contributed by atoms with Gasteiger partial charge in [-0.1, -0.05) is 93.6 Å². The minimum atomic E-state index is -2.90. The molecule has 1 nitrogen and oxygen atoms in total. The molecule has 0 spiro atoms. The summed E-state index contributed by atoms with van der Waals surface area (Å²) in [7, 11) is -2.90. The largest absolute Gasteiger partial charge is 0.424 e. The van der Waals surface area contributed by atoms with Crippen molar-refractivity contribution in [2.24, 2.45) is 5.92 Å². The van der Waals surface area contributed by atoms with Gasteiger partial charge < -0.3 is 4.80 Å². The number of hydrogen-bond acceptors (Lipinski definition) is 1. The number of rotatable bonds is 7. The van der Waals surface area contributed by atoms with Crippen LogP contribution >= 0.6 is 0 Å². The lowest BCUT2D eigenvalue weighted by Crippen LogP contribution is -2.65. The van der Waals surface area contributed by atoms with Gasteiger partial charge in [-0.3, -0.25) is 0 Å². The van der Waals surface area contributed by atoms with E-state index in [-0.39, 0.29) is 5.04 Å². The molecule has 2 heteroatoms. The molecule has 0 aromatic heterocycles. The van der Waals surface area contributed by atoms with E-state index in [0.29, 0.717) is 5.92 Å². The van der Waals surface area contributed by atoms with Crippen LogP contribution in [0, 0.1) is 5.92 Å². The Morgan fingerprint density at radius 3 is 1.75 bits per heavy atom. The third kappa shape index (κ3) is 3.55. The van der Waals surface area contributed by atoms with Gasteiger partial charge in [-0.15, -0.1) is 0 Å². The zero-order valence-corrected chi connectivity index (χ0v) is 16.4. The maximum atomic E-state index is 12.1. The summed E-state index contributed by atoms with van der Waals surface area (Å²) in [6.45, 7) is 12.9. The van der Waals surface area contributed by atoms with Crippen molar-refractivity contribution >= 4 is 18.7 Å². The highest BCUT2D eigenvalue weighted by atomic mass is 28.4. The molecular weight excluding hydrogens is 308 g/mol. The standard InChI is InChI=1S/C22H30OSi/c1-6-19(18(2)3)17-22(4,5)24(23,20-13-9-7-10-14-20)21-15-11-8-12-16-21/h7-16,19,23H,2,6,17H2,1,3-5H3/t19-/m0/s1. The number of hydrogen-bond donors (Lipinski definition) is 1. The van der Waals surface area contributed by atoms with Gasteiger partial charge in [-0.05, 0) is 41.1 Å². The maximum Gasteiger partial charge on any atom is 0.258 e. The lowest BCUT2D eigenvalue weighted by Gasteiger charge is -2.43. The SMILES string of the molecule is C=C(C)[C@@H](CC)CC(C)(C)[Si](O)(c1ccccc1)c1ccccc1. The highest BCUT2D eigenvalue weighted by Gasteiger charge is 2.50. The van der Waals surface area contributed by atoms with Crippen molar-refractivity contribution in [3.8, 4) is 0 Å². The van der Waals surface area contributed by atoms with E-state index < -0.39 is 8.32 Å². The van der Waals surface area contributed by atoms with E-state index in [1.54, 1.807) is 0 Å². The summed E-state index contributed by atoms with van der Waals surface area (Å²) in [4.78, 5) is 12.1. The molecule has 2 aromatic carbocycles. The van der Waals surface area contributed by atoms with E-state index in [0.717, 1.165) is 23.2 Å². The summed E-state index contributed by atoms with van der Waals surface area (Å²) < 4.78 is 0. The summed E-state index contributed by atoms with van der Waals surface area (Å²) in [6.07, 6.45) is 2.01. The van der Waals surface area contributed by atoms with Crippen LogP contribution in [0.2, 0.25) is 5.04 Å². The Hall–Kier alpha value is -1.64. The van der Waals surface area contributed by atoms with Crippen molar-refractivity contribution in [2.75, 3.05) is 0 Å². The zero-order chi connectivity index (χ0) is 17.8. The fourth-order valence-corrected chi connectivity index (χ4v) is 7.53. The second-order valence-corrected chi connectivity index (χ2v) is 11.4. The highest BCUT2D eigenvalue weighted by molar-refractivity contribution is 6.98. The first-order chi connectivity index (χ1) is 11.3. The van der Waals surface area contributed by atoms with Gasteiger partial charge in [0, 0.05) is 0 Å². The lowest BCUT2D eigenvalue weighted by atomic mass is 9.89.